The molecule has 1 heterocycles. The Bertz CT molecular complexity index is 478. The van der Waals surface area contributed by atoms with Gasteiger partial charge in [-0.05, 0) is 57.4 Å². The second kappa shape index (κ2) is 10.2. The largest absolute Gasteiger partial charge is 0.298 e. The first-order chi connectivity index (χ1) is 11.6. The van der Waals surface area contributed by atoms with Crippen LogP contribution in [0.15, 0.2) is 43.0 Å². The fourth-order valence-electron chi connectivity index (χ4n) is 3.48. The van der Waals surface area contributed by atoms with E-state index in [0.717, 1.165) is 45.3 Å². The molecular weight excluding hydrogens is 318 g/mol. The summed E-state index contributed by atoms with van der Waals surface area (Å²) in [7, 11) is 0. The van der Waals surface area contributed by atoms with Gasteiger partial charge in [-0.3, -0.25) is 4.84 Å². The number of nitrogens with zero attached hydrogens (tertiary/aromatic N) is 1. The maximum absolute atomic E-state index is 6.48. The van der Waals surface area contributed by atoms with Crippen LogP contribution in [0.1, 0.15) is 57.4 Å². The Labute approximate surface area is 152 Å². The minimum atomic E-state index is 0.119. The predicted octanol–water partition coefficient (Wildman–Crippen LogP) is 5.76. The number of hydrogen-bond donors (Lipinski definition) is 0. The van der Waals surface area contributed by atoms with Crippen molar-refractivity contribution >= 4 is 11.6 Å². The Balaban J connectivity index is 1.63. The molecule has 0 amide bonds. The van der Waals surface area contributed by atoms with E-state index in [-0.39, 0.29) is 10.9 Å². The van der Waals surface area contributed by atoms with Crippen LogP contribution >= 0.6 is 11.6 Å². The minimum absolute atomic E-state index is 0.119. The molecule has 0 radical (unpaired) electrons. The highest BCUT2D eigenvalue weighted by Crippen LogP contribution is 2.31. The van der Waals surface area contributed by atoms with E-state index in [1.807, 2.05) is 6.08 Å². The molecule has 0 aromatic heterocycles. The van der Waals surface area contributed by atoms with E-state index in [2.05, 4.69) is 48.9 Å². The normalized spacial score (nSPS) is 23.1. The van der Waals surface area contributed by atoms with Crippen molar-refractivity contribution in [3.63, 3.8) is 0 Å². The van der Waals surface area contributed by atoms with Crippen LogP contribution in [0, 0.1) is 0 Å². The summed E-state index contributed by atoms with van der Waals surface area (Å²) in [5.74, 6) is 0. The fourth-order valence-corrected chi connectivity index (χ4v) is 3.75. The van der Waals surface area contributed by atoms with Crippen LogP contribution in [0.3, 0.4) is 0 Å². The van der Waals surface area contributed by atoms with Crippen molar-refractivity contribution in [2.45, 2.75) is 69.2 Å². The molecule has 134 valence electrons. The second-order valence-corrected chi connectivity index (χ2v) is 7.76. The first-order valence-electron chi connectivity index (χ1n) is 9.33. The molecular formula is C21H32ClNO. The summed E-state index contributed by atoms with van der Waals surface area (Å²) in [5.41, 5.74) is 1.49. The summed E-state index contributed by atoms with van der Waals surface area (Å²) in [4.78, 5) is 6.09. The lowest BCUT2D eigenvalue weighted by Crippen LogP contribution is -2.49. The molecule has 3 heteroatoms. The zero-order chi connectivity index (χ0) is 17.3. The third-order valence-electron chi connectivity index (χ3n) is 5.01. The number of alkyl halides is 1. The number of rotatable bonds is 10. The average molecular weight is 350 g/mol. The van der Waals surface area contributed by atoms with E-state index < -0.39 is 0 Å². The van der Waals surface area contributed by atoms with Crippen molar-refractivity contribution < 1.29 is 4.84 Å². The molecule has 0 saturated carbocycles. The highest BCUT2D eigenvalue weighted by atomic mass is 35.5. The van der Waals surface area contributed by atoms with Crippen molar-refractivity contribution in [1.29, 1.82) is 0 Å². The summed E-state index contributed by atoms with van der Waals surface area (Å²) in [6.45, 7) is 7.99. The predicted molar refractivity (Wildman–Crippen MR) is 103 cm³/mol. The zero-order valence-corrected chi connectivity index (χ0v) is 15.8. The van der Waals surface area contributed by atoms with Gasteiger partial charge >= 0.3 is 0 Å². The highest BCUT2D eigenvalue weighted by molar-refractivity contribution is 6.20. The van der Waals surface area contributed by atoms with Crippen molar-refractivity contribution in [2.75, 3.05) is 13.2 Å². The van der Waals surface area contributed by atoms with Gasteiger partial charge in [-0.2, -0.15) is 5.06 Å². The van der Waals surface area contributed by atoms with E-state index in [0.29, 0.717) is 0 Å². The van der Waals surface area contributed by atoms with Gasteiger partial charge in [-0.15, -0.1) is 18.2 Å². The van der Waals surface area contributed by atoms with Crippen molar-refractivity contribution in [3.8, 4) is 0 Å². The molecule has 1 aliphatic heterocycles. The van der Waals surface area contributed by atoms with Gasteiger partial charge in [0.15, 0.2) is 0 Å². The Kier molecular flexibility index (Phi) is 8.31. The minimum Gasteiger partial charge on any atom is -0.298 e. The molecule has 0 spiro atoms. The number of hydroxylamine groups is 2. The lowest BCUT2D eigenvalue weighted by molar-refractivity contribution is -0.231. The van der Waals surface area contributed by atoms with Crippen molar-refractivity contribution in [3.05, 3.63) is 48.6 Å². The second-order valence-electron chi connectivity index (χ2n) is 7.15. The zero-order valence-electron chi connectivity index (χ0n) is 15.1. The van der Waals surface area contributed by atoms with Crippen molar-refractivity contribution in [1.82, 2.24) is 5.06 Å². The summed E-state index contributed by atoms with van der Waals surface area (Å²) in [6, 6.07) is 10.6. The monoisotopic (exact) mass is 349 g/mol. The first-order valence-corrected chi connectivity index (χ1v) is 9.77. The highest BCUT2D eigenvalue weighted by Gasteiger charge is 2.34. The molecule has 2 rings (SSSR count). The molecule has 1 fully saturated rings. The molecule has 0 aliphatic carbocycles. The number of benzene rings is 1. The SMILES string of the molecule is C=CCC1(C)CCCCN1OCCCC(Cl)CCc1ccccc1. The summed E-state index contributed by atoms with van der Waals surface area (Å²) in [5, 5.41) is 2.43. The Morgan fingerprint density at radius 1 is 1.29 bits per heavy atom. The topological polar surface area (TPSA) is 12.5 Å². The lowest BCUT2D eigenvalue weighted by atomic mass is 9.87. The summed E-state index contributed by atoms with van der Waals surface area (Å²) < 4.78 is 0. The number of halogens is 1. The van der Waals surface area contributed by atoms with Gasteiger partial charge in [-0.25, -0.2) is 0 Å². The van der Waals surface area contributed by atoms with Gasteiger partial charge in [0.25, 0.3) is 0 Å². The molecule has 2 unspecified atom stereocenters. The van der Waals surface area contributed by atoms with Crippen LogP contribution in [0.25, 0.3) is 0 Å². The van der Waals surface area contributed by atoms with Crippen LogP contribution < -0.4 is 0 Å². The molecule has 1 aliphatic rings. The number of hydrogen-bond acceptors (Lipinski definition) is 2. The van der Waals surface area contributed by atoms with Crippen LogP contribution in [0.2, 0.25) is 0 Å². The van der Waals surface area contributed by atoms with E-state index in [1.54, 1.807) is 0 Å². The molecule has 1 saturated heterocycles. The standard InChI is InChI=1S/C21H32ClNO/c1-3-15-21(2)16-7-8-17-23(21)24-18-9-12-20(22)14-13-19-10-5-4-6-11-19/h3-6,10-11,20H,1,7-9,12-18H2,2H3. The first kappa shape index (κ1) is 19.5. The lowest BCUT2D eigenvalue weighted by Gasteiger charge is -2.43. The third-order valence-corrected chi connectivity index (χ3v) is 5.45. The van der Waals surface area contributed by atoms with Crippen LogP contribution in [0.4, 0.5) is 0 Å². The molecule has 1 aromatic carbocycles. The fraction of sp³-hybridized carbons (Fsp3) is 0.619. The summed E-state index contributed by atoms with van der Waals surface area (Å²) >= 11 is 6.48. The maximum atomic E-state index is 6.48. The van der Waals surface area contributed by atoms with E-state index in [4.69, 9.17) is 16.4 Å². The molecule has 2 nitrogen and oxygen atoms in total. The van der Waals surface area contributed by atoms with Crippen LogP contribution in [-0.2, 0) is 11.3 Å². The maximum Gasteiger partial charge on any atom is 0.0685 e. The quantitative estimate of drug-likeness (QED) is 0.302. The molecule has 24 heavy (non-hydrogen) atoms. The molecule has 0 N–H and O–H groups in total. The Hall–Kier alpha value is -0.830. The van der Waals surface area contributed by atoms with Gasteiger partial charge in [-0.1, -0.05) is 42.8 Å². The van der Waals surface area contributed by atoms with E-state index >= 15 is 0 Å². The molecule has 1 aromatic rings. The Morgan fingerprint density at radius 3 is 2.83 bits per heavy atom. The van der Waals surface area contributed by atoms with Gasteiger partial charge in [0.1, 0.15) is 0 Å². The molecule has 0 bridgehead atoms. The van der Waals surface area contributed by atoms with Crippen molar-refractivity contribution in [2.24, 2.45) is 0 Å². The van der Waals surface area contributed by atoms with E-state index in [1.165, 1.54) is 24.8 Å². The van der Waals surface area contributed by atoms with Crippen LogP contribution in [0.5, 0.6) is 0 Å². The van der Waals surface area contributed by atoms with Gasteiger partial charge in [0, 0.05) is 17.5 Å². The van der Waals surface area contributed by atoms with Gasteiger partial charge in [0.05, 0.1) is 6.61 Å². The smallest absolute Gasteiger partial charge is 0.0685 e. The number of piperidine rings is 1. The van der Waals surface area contributed by atoms with Crippen LogP contribution in [-0.4, -0.2) is 29.1 Å². The Morgan fingerprint density at radius 2 is 2.08 bits per heavy atom. The van der Waals surface area contributed by atoms with E-state index in [9.17, 15) is 0 Å². The average Bonchev–Trinajstić information content (AvgIpc) is 2.59. The van der Waals surface area contributed by atoms with Gasteiger partial charge < -0.3 is 0 Å². The number of aryl methyl sites for hydroxylation is 1. The third kappa shape index (κ3) is 6.23. The van der Waals surface area contributed by atoms with Gasteiger partial charge in [0.2, 0.25) is 0 Å². The summed E-state index contributed by atoms with van der Waals surface area (Å²) in [6.07, 6.45) is 10.8. The molecule has 2 atom stereocenters.